The van der Waals surface area contributed by atoms with E-state index >= 15 is 0 Å². The molecule has 0 aliphatic heterocycles. The van der Waals surface area contributed by atoms with E-state index in [1.54, 1.807) is 13.0 Å². The van der Waals surface area contributed by atoms with Crippen molar-refractivity contribution in [2.24, 2.45) is 0 Å². The van der Waals surface area contributed by atoms with Crippen LogP contribution in [-0.2, 0) is 10.0 Å². The SMILES string of the molecule is CCOc1cc(C)c(S(=O)(=O)NC(C)C)cc1C(C)C. The summed E-state index contributed by atoms with van der Waals surface area (Å²) >= 11 is 0. The Balaban J connectivity index is 3.39. The van der Waals surface area contributed by atoms with Gasteiger partial charge in [0.05, 0.1) is 11.5 Å². The number of rotatable bonds is 6. The van der Waals surface area contributed by atoms with E-state index < -0.39 is 10.0 Å². The maximum atomic E-state index is 12.4. The third-order valence-electron chi connectivity index (χ3n) is 2.91. The molecule has 0 aliphatic carbocycles. The van der Waals surface area contributed by atoms with Crippen molar-refractivity contribution in [3.05, 3.63) is 23.3 Å². The summed E-state index contributed by atoms with van der Waals surface area (Å²) in [5, 5.41) is 0. The molecule has 0 heterocycles. The van der Waals surface area contributed by atoms with E-state index in [0.29, 0.717) is 17.1 Å². The van der Waals surface area contributed by atoms with Crippen molar-refractivity contribution in [2.75, 3.05) is 6.61 Å². The van der Waals surface area contributed by atoms with Crippen LogP contribution in [-0.4, -0.2) is 21.1 Å². The maximum Gasteiger partial charge on any atom is 0.241 e. The second-order valence-electron chi connectivity index (χ2n) is 5.52. The first kappa shape index (κ1) is 17.0. The molecule has 5 heteroatoms. The Bertz CT molecular complexity index is 563. The van der Waals surface area contributed by atoms with Crippen LogP contribution in [0, 0.1) is 6.92 Å². The van der Waals surface area contributed by atoms with Crippen LogP contribution in [0.3, 0.4) is 0 Å². The highest BCUT2D eigenvalue weighted by atomic mass is 32.2. The first-order valence-corrected chi connectivity index (χ1v) is 8.47. The second-order valence-corrected chi connectivity index (χ2v) is 7.20. The maximum absolute atomic E-state index is 12.4. The number of sulfonamides is 1. The lowest BCUT2D eigenvalue weighted by atomic mass is 10.0. The van der Waals surface area contributed by atoms with Crippen LogP contribution < -0.4 is 9.46 Å². The number of nitrogens with one attached hydrogen (secondary N) is 1. The summed E-state index contributed by atoms with van der Waals surface area (Å²) in [6.07, 6.45) is 0. The smallest absolute Gasteiger partial charge is 0.241 e. The molecular weight excluding hydrogens is 274 g/mol. The van der Waals surface area contributed by atoms with Gasteiger partial charge in [0.1, 0.15) is 5.75 Å². The summed E-state index contributed by atoms with van der Waals surface area (Å²) in [5.41, 5.74) is 1.62. The molecule has 0 saturated carbocycles. The van der Waals surface area contributed by atoms with E-state index in [1.807, 2.05) is 40.7 Å². The van der Waals surface area contributed by atoms with E-state index in [-0.39, 0.29) is 12.0 Å². The van der Waals surface area contributed by atoms with Gasteiger partial charge in [-0.3, -0.25) is 0 Å². The molecule has 0 spiro atoms. The Labute approximate surface area is 122 Å². The topological polar surface area (TPSA) is 55.4 Å². The lowest BCUT2D eigenvalue weighted by Crippen LogP contribution is -2.30. The Morgan fingerprint density at radius 1 is 1.20 bits per heavy atom. The summed E-state index contributed by atoms with van der Waals surface area (Å²) < 4.78 is 32.9. The fourth-order valence-corrected chi connectivity index (χ4v) is 3.58. The van der Waals surface area contributed by atoms with Crippen molar-refractivity contribution < 1.29 is 13.2 Å². The molecule has 114 valence electrons. The fourth-order valence-electron chi connectivity index (χ4n) is 2.07. The lowest BCUT2D eigenvalue weighted by molar-refractivity contribution is 0.334. The van der Waals surface area contributed by atoms with Gasteiger partial charge in [-0.15, -0.1) is 0 Å². The van der Waals surface area contributed by atoms with Crippen LogP contribution in [0.2, 0.25) is 0 Å². The van der Waals surface area contributed by atoms with E-state index in [2.05, 4.69) is 4.72 Å². The Kier molecular flexibility index (Phi) is 5.59. The van der Waals surface area contributed by atoms with Crippen LogP contribution in [0.1, 0.15) is 51.7 Å². The van der Waals surface area contributed by atoms with Gasteiger partial charge in [0.2, 0.25) is 10.0 Å². The van der Waals surface area contributed by atoms with Gasteiger partial charge in [0.25, 0.3) is 0 Å². The number of ether oxygens (including phenoxy) is 1. The highest BCUT2D eigenvalue weighted by molar-refractivity contribution is 7.89. The Morgan fingerprint density at radius 3 is 2.25 bits per heavy atom. The molecule has 0 aromatic heterocycles. The zero-order chi connectivity index (χ0) is 15.5. The molecule has 0 bridgehead atoms. The van der Waals surface area contributed by atoms with Gasteiger partial charge in [-0.25, -0.2) is 13.1 Å². The van der Waals surface area contributed by atoms with Gasteiger partial charge < -0.3 is 4.74 Å². The quantitative estimate of drug-likeness (QED) is 0.877. The molecule has 0 fully saturated rings. The highest BCUT2D eigenvalue weighted by Crippen LogP contribution is 2.31. The van der Waals surface area contributed by atoms with E-state index in [0.717, 1.165) is 11.3 Å². The molecule has 4 nitrogen and oxygen atoms in total. The summed E-state index contributed by atoms with van der Waals surface area (Å²) in [4.78, 5) is 0.332. The minimum Gasteiger partial charge on any atom is -0.494 e. The molecule has 20 heavy (non-hydrogen) atoms. The highest BCUT2D eigenvalue weighted by Gasteiger charge is 2.21. The molecule has 1 N–H and O–H groups in total. The van der Waals surface area contributed by atoms with Crippen molar-refractivity contribution >= 4 is 10.0 Å². The predicted octanol–water partition coefficient (Wildman–Crippen LogP) is 3.20. The van der Waals surface area contributed by atoms with Crippen molar-refractivity contribution in [1.29, 1.82) is 0 Å². The molecule has 0 aliphatic rings. The van der Waals surface area contributed by atoms with Crippen molar-refractivity contribution in [2.45, 2.75) is 58.4 Å². The first-order chi connectivity index (χ1) is 9.19. The van der Waals surface area contributed by atoms with Crippen LogP contribution in [0.5, 0.6) is 5.75 Å². The zero-order valence-electron chi connectivity index (χ0n) is 13.1. The number of aryl methyl sites for hydroxylation is 1. The minimum atomic E-state index is -3.48. The summed E-state index contributed by atoms with van der Waals surface area (Å²) in [6.45, 7) is 12.0. The molecule has 0 atom stereocenters. The molecule has 1 rings (SSSR count). The van der Waals surface area contributed by atoms with Crippen LogP contribution in [0.25, 0.3) is 0 Å². The predicted molar refractivity (Wildman–Crippen MR) is 81.9 cm³/mol. The molecule has 0 saturated heterocycles. The molecule has 0 unspecified atom stereocenters. The normalized spacial score (nSPS) is 12.2. The van der Waals surface area contributed by atoms with E-state index in [1.165, 1.54) is 0 Å². The third-order valence-corrected chi connectivity index (χ3v) is 4.71. The van der Waals surface area contributed by atoms with E-state index in [4.69, 9.17) is 4.74 Å². The molecule has 0 radical (unpaired) electrons. The minimum absolute atomic E-state index is 0.131. The monoisotopic (exact) mass is 299 g/mol. The standard InChI is InChI=1S/C15H25NO3S/c1-7-19-14-8-12(6)15(9-13(14)10(2)3)20(17,18)16-11(4)5/h8-11,16H,7H2,1-6H3. The fraction of sp³-hybridized carbons (Fsp3) is 0.600. The summed E-state index contributed by atoms with van der Waals surface area (Å²) in [7, 11) is -3.48. The Hall–Kier alpha value is -1.07. The average molecular weight is 299 g/mol. The van der Waals surface area contributed by atoms with Crippen molar-refractivity contribution in [1.82, 2.24) is 4.72 Å². The number of hydrogen-bond acceptors (Lipinski definition) is 3. The first-order valence-electron chi connectivity index (χ1n) is 6.98. The van der Waals surface area contributed by atoms with Crippen LogP contribution in [0.4, 0.5) is 0 Å². The number of hydrogen-bond donors (Lipinski definition) is 1. The molecular formula is C15H25NO3S. The molecule has 1 aromatic carbocycles. The van der Waals surface area contributed by atoms with Gasteiger partial charge in [-0.1, -0.05) is 13.8 Å². The van der Waals surface area contributed by atoms with Crippen molar-refractivity contribution in [3.8, 4) is 5.75 Å². The number of benzene rings is 1. The van der Waals surface area contributed by atoms with E-state index in [9.17, 15) is 8.42 Å². The van der Waals surface area contributed by atoms with Gasteiger partial charge in [-0.05, 0) is 56.9 Å². The lowest BCUT2D eigenvalue weighted by Gasteiger charge is -2.18. The third kappa shape index (κ3) is 3.96. The van der Waals surface area contributed by atoms with Gasteiger partial charge in [-0.2, -0.15) is 0 Å². The van der Waals surface area contributed by atoms with Gasteiger partial charge in [0.15, 0.2) is 0 Å². The van der Waals surface area contributed by atoms with Crippen LogP contribution >= 0.6 is 0 Å². The average Bonchev–Trinajstić information content (AvgIpc) is 2.26. The Morgan fingerprint density at radius 2 is 1.80 bits per heavy atom. The second kappa shape index (κ2) is 6.59. The zero-order valence-corrected chi connectivity index (χ0v) is 14.0. The van der Waals surface area contributed by atoms with Crippen molar-refractivity contribution in [3.63, 3.8) is 0 Å². The molecule has 1 aromatic rings. The van der Waals surface area contributed by atoms with Crippen LogP contribution in [0.15, 0.2) is 17.0 Å². The summed E-state index contributed by atoms with van der Waals surface area (Å²) in [6, 6.07) is 3.41. The van der Waals surface area contributed by atoms with Gasteiger partial charge >= 0.3 is 0 Å². The van der Waals surface area contributed by atoms with Gasteiger partial charge in [0, 0.05) is 6.04 Å². The largest absolute Gasteiger partial charge is 0.494 e. The molecule has 0 amide bonds. The summed E-state index contributed by atoms with van der Waals surface area (Å²) in [5.74, 6) is 0.966.